The summed E-state index contributed by atoms with van der Waals surface area (Å²) in [4.78, 5) is 0. The molecule has 5 atom stereocenters. The lowest BCUT2D eigenvalue weighted by atomic mass is 9.69. The maximum atomic E-state index is 14.8. The number of alkyl halides is 3. The zero-order valence-corrected chi connectivity index (χ0v) is 12.9. The first-order chi connectivity index (χ1) is 8.49. The van der Waals surface area contributed by atoms with Crippen LogP contribution in [-0.4, -0.2) is 16.9 Å². The molecule has 0 heterocycles. The van der Waals surface area contributed by atoms with E-state index in [2.05, 4.69) is 13.8 Å². The molecule has 0 aromatic carbocycles. The van der Waals surface area contributed by atoms with Gasteiger partial charge >= 0.3 is 0 Å². The van der Waals surface area contributed by atoms with Gasteiger partial charge in [-0.3, -0.25) is 0 Å². The van der Waals surface area contributed by atoms with E-state index in [1.807, 2.05) is 0 Å². The first-order valence-corrected chi connectivity index (χ1v) is 8.28. The zero-order valence-electron chi connectivity index (χ0n) is 11.4. The van der Waals surface area contributed by atoms with Gasteiger partial charge < -0.3 is 0 Å². The van der Waals surface area contributed by atoms with Gasteiger partial charge in [0.15, 0.2) is 0 Å². The Balaban J connectivity index is 1.96. The Morgan fingerprint density at radius 2 is 1.61 bits per heavy atom. The van der Waals surface area contributed by atoms with Gasteiger partial charge in [0, 0.05) is 16.7 Å². The fourth-order valence-electron chi connectivity index (χ4n) is 4.01. The Bertz CT molecular complexity index is 251. The Morgan fingerprint density at radius 1 is 1.00 bits per heavy atom. The molecule has 0 amide bonds. The van der Waals surface area contributed by atoms with E-state index in [4.69, 9.17) is 23.2 Å². The topological polar surface area (TPSA) is 0 Å². The van der Waals surface area contributed by atoms with Crippen LogP contribution in [0.15, 0.2) is 0 Å². The molecule has 2 saturated carbocycles. The highest BCUT2D eigenvalue weighted by Crippen LogP contribution is 2.44. The lowest BCUT2D eigenvalue weighted by Gasteiger charge is -2.41. The molecule has 3 heteroatoms. The lowest BCUT2D eigenvalue weighted by Crippen LogP contribution is -2.41. The minimum Gasteiger partial charge on any atom is -0.247 e. The van der Waals surface area contributed by atoms with Crippen molar-refractivity contribution in [2.45, 2.75) is 69.3 Å². The Kier molecular flexibility index (Phi) is 5.22. The predicted molar refractivity (Wildman–Crippen MR) is 77.2 cm³/mol. The lowest BCUT2D eigenvalue weighted by molar-refractivity contribution is 0.0554. The molecule has 5 unspecified atom stereocenters. The molecule has 0 N–H and O–H groups in total. The third kappa shape index (κ3) is 3.33. The van der Waals surface area contributed by atoms with Gasteiger partial charge in [-0.15, -0.1) is 23.2 Å². The van der Waals surface area contributed by atoms with Crippen LogP contribution in [0.2, 0.25) is 0 Å². The van der Waals surface area contributed by atoms with E-state index < -0.39 is 6.17 Å². The van der Waals surface area contributed by atoms with E-state index in [9.17, 15) is 4.39 Å². The quantitative estimate of drug-likeness (QED) is 0.597. The second kappa shape index (κ2) is 6.31. The maximum absolute atomic E-state index is 14.8. The highest BCUT2D eigenvalue weighted by molar-refractivity contribution is 6.21. The Morgan fingerprint density at radius 3 is 2.17 bits per heavy atom. The highest BCUT2D eigenvalue weighted by Gasteiger charge is 2.42. The Labute approximate surface area is 121 Å². The predicted octanol–water partition coefficient (Wildman–Crippen LogP) is 5.41. The summed E-state index contributed by atoms with van der Waals surface area (Å²) in [7, 11) is 0. The van der Waals surface area contributed by atoms with E-state index >= 15 is 0 Å². The average molecular weight is 295 g/mol. The van der Waals surface area contributed by atoms with Crippen molar-refractivity contribution < 1.29 is 4.39 Å². The van der Waals surface area contributed by atoms with Gasteiger partial charge in [0.1, 0.15) is 6.17 Å². The van der Waals surface area contributed by atoms with Gasteiger partial charge in [-0.2, -0.15) is 0 Å². The van der Waals surface area contributed by atoms with Crippen LogP contribution in [0.1, 0.15) is 52.4 Å². The summed E-state index contributed by atoms with van der Waals surface area (Å²) < 4.78 is 14.8. The minimum absolute atomic E-state index is 0.0208. The molecule has 2 fully saturated rings. The fraction of sp³-hybridized carbons (Fsp3) is 1.00. The van der Waals surface area contributed by atoms with Crippen LogP contribution in [0.4, 0.5) is 4.39 Å². The van der Waals surface area contributed by atoms with Gasteiger partial charge in [-0.25, -0.2) is 4.39 Å². The highest BCUT2D eigenvalue weighted by atomic mass is 35.5. The molecule has 0 bridgehead atoms. The summed E-state index contributed by atoms with van der Waals surface area (Å²) in [6.07, 6.45) is 5.20. The number of rotatable bonds is 2. The van der Waals surface area contributed by atoms with E-state index in [1.165, 1.54) is 0 Å². The molecule has 0 spiro atoms. The SMILES string of the molecule is CC1CC(C)C(C(F)C2CCC(Cl)CC2)C(Cl)C1. The second-order valence-corrected chi connectivity index (χ2v) is 7.78. The van der Waals surface area contributed by atoms with Crippen molar-refractivity contribution in [1.82, 2.24) is 0 Å². The molecule has 2 aliphatic carbocycles. The van der Waals surface area contributed by atoms with Crippen molar-refractivity contribution in [3.8, 4) is 0 Å². The molecule has 106 valence electrons. The molecule has 2 aliphatic rings. The fourth-order valence-corrected chi connectivity index (χ4v) is 4.95. The third-order valence-corrected chi connectivity index (χ3v) is 5.90. The molecule has 0 aliphatic heterocycles. The molecule has 0 nitrogen and oxygen atoms in total. The summed E-state index contributed by atoms with van der Waals surface area (Å²) in [5, 5.41) is 0.288. The van der Waals surface area contributed by atoms with Gasteiger partial charge in [-0.1, -0.05) is 13.8 Å². The monoisotopic (exact) mass is 294 g/mol. The van der Waals surface area contributed by atoms with Crippen molar-refractivity contribution >= 4 is 23.2 Å². The first-order valence-electron chi connectivity index (χ1n) is 7.41. The summed E-state index contributed by atoms with van der Waals surface area (Å²) in [6, 6.07) is 0. The minimum atomic E-state index is -0.723. The first kappa shape index (κ1) is 14.9. The normalized spacial score (nSPS) is 47.8. The summed E-state index contributed by atoms with van der Waals surface area (Å²) in [5.41, 5.74) is 0. The standard InChI is InChI=1S/C15H25Cl2F/c1-9-7-10(2)14(13(17)8-9)15(18)11-3-5-12(16)6-4-11/h9-15H,3-8H2,1-2H3. The van der Waals surface area contributed by atoms with Crippen molar-refractivity contribution in [2.75, 3.05) is 0 Å². The van der Waals surface area contributed by atoms with Crippen molar-refractivity contribution in [1.29, 1.82) is 0 Å². The maximum Gasteiger partial charge on any atom is 0.107 e. The molecule has 0 aromatic heterocycles. The van der Waals surface area contributed by atoms with E-state index in [0.717, 1.165) is 38.5 Å². The molecule has 0 aromatic rings. The van der Waals surface area contributed by atoms with Crippen LogP contribution in [0.25, 0.3) is 0 Å². The van der Waals surface area contributed by atoms with Crippen LogP contribution in [0.5, 0.6) is 0 Å². The summed E-state index contributed by atoms with van der Waals surface area (Å²) in [5.74, 6) is 1.31. The molecule has 0 radical (unpaired) electrons. The number of halogens is 3. The van der Waals surface area contributed by atoms with Crippen LogP contribution in [0, 0.1) is 23.7 Å². The number of hydrogen-bond acceptors (Lipinski definition) is 0. The van der Waals surface area contributed by atoms with Gasteiger partial charge in [0.2, 0.25) is 0 Å². The molecule has 0 saturated heterocycles. The third-order valence-electron chi connectivity index (χ3n) is 5.00. The second-order valence-electron chi connectivity index (χ2n) is 6.60. The van der Waals surface area contributed by atoms with Crippen LogP contribution in [-0.2, 0) is 0 Å². The molecule has 18 heavy (non-hydrogen) atoms. The molecule has 2 rings (SSSR count). The van der Waals surface area contributed by atoms with Crippen LogP contribution >= 0.6 is 23.2 Å². The summed E-state index contributed by atoms with van der Waals surface area (Å²) in [6.45, 7) is 4.41. The van der Waals surface area contributed by atoms with Gasteiger partial charge in [0.05, 0.1) is 0 Å². The zero-order chi connectivity index (χ0) is 13.3. The van der Waals surface area contributed by atoms with Crippen molar-refractivity contribution in [3.63, 3.8) is 0 Å². The molecular weight excluding hydrogens is 270 g/mol. The van der Waals surface area contributed by atoms with Crippen LogP contribution in [0.3, 0.4) is 0 Å². The van der Waals surface area contributed by atoms with Gasteiger partial charge in [0.25, 0.3) is 0 Å². The van der Waals surface area contributed by atoms with Crippen LogP contribution < -0.4 is 0 Å². The van der Waals surface area contributed by atoms with E-state index in [0.29, 0.717) is 11.8 Å². The van der Waals surface area contributed by atoms with E-state index in [1.54, 1.807) is 0 Å². The Hall–Kier alpha value is 0.510. The molecular formula is C15H25Cl2F. The van der Waals surface area contributed by atoms with Crippen molar-refractivity contribution in [3.05, 3.63) is 0 Å². The van der Waals surface area contributed by atoms with E-state index in [-0.39, 0.29) is 22.6 Å². The number of hydrogen-bond donors (Lipinski definition) is 0. The van der Waals surface area contributed by atoms with Crippen molar-refractivity contribution in [2.24, 2.45) is 23.7 Å². The average Bonchev–Trinajstić information content (AvgIpc) is 2.28. The summed E-state index contributed by atoms with van der Waals surface area (Å²) >= 11 is 12.5. The van der Waals surface area contributed by atoms with Gasteiger partial charge in [-0.05, 0) is 56.3 Å². The largest absolute Gasteiger partial charge is 0.247 e. The smallest absolute Gasteiger partial charge is 0.107 e.